The van der Waals surface area contributed by atoms with Gasteiger partial charge in [-0.15, -0.1) is 11.3 Å². The number of ether oxygens (including phenoxy) is 1. The quantitative estimate of drug-likeness (QED) is 0.568. The molecule has 1 N–H and O–H groups in total. The number of hydrogen-bond donors (Lipinski definition) is 1. The van der Waals surface area contributed by atoms with Crippen molar-refractivity contribution in [2.75, 3.05) is 12.4 Å². The Balaban J connectivity index is 1.60. The van der Waals surface area contributed by atoms with E-state index in [9.17, 15) is 9.59 Å². The highest BCUT2D eigenvalue weighted by molar-refractivity contribution is 7.25. The van der Waals surface area contributed by atoms with Crippen molar-refractivity contribution in [1.29, 1.82) is 0 Å². The number of anilines is 1. The van der Waals surface area contributed by atoms with Crippen LogP contribution in [0.3, 0.4) is 0 Å². The molecule has 0 unspecified atom stereocenters. The Morgan fingerprint density at radius 2 is 2.19 bits per heavy atom. The number of methoxy groups -OCH3 is 1. The molecule has 4 aromatic rings. The van der Waals surface area contributed by atoms with Gasteiger partial charge in [0.25, 0.3) is 5.56 Å². The number of halogens is 1. The van der Waals surface area contributed by atoms with E-state index in [2.05, 4.69) is 15.3 Å². The van der Waals surface area contributed by atoms with E-state index in [1.54, 1.807) is 30.5 Å². The maximum atomic E-state index is 12.7. The lowest BCUT2D eigenvalue weighted by Crippen LogP contribution is -2.27. The number of carbonyl (C=O) groups is 1. The molecular formula is C18H13ClN4O3S. The van der Waals surface area contributed by atoms with E-state index in [-0.39, 0.29) is 18.0 Å². The van der Waals surface area contributed by atoms with Gasteiger partial charge in [0.1, 0.15) is 21.8 Å². The molecular weight excluding hydrogens is 388 g/mol. The number of nitrogens with zero attached hydrogens (tertiary/aromatic N) is 3. The van der Waals surface area contributed by atoms with Crippen molar-refractivity contribution in [3.8, 4) is 5.75 Å². The van der Waals surface area contributed by atoms with Crippen LogP contribution in [0.5, 0.6) is 5.75 Å². The molecule has 0 saturated carbocycles. The molecule has 1 aromatic carbocycles. The Morgan fingerprint density at radius 1 is 1.33 bits per heavy atom. The zero-order chi connectivity index (χ0) is 19.0. The monoisotopic (exact) mass is 400 g/mol. The Bertz CT molecular complexity index is 1230. The number of thiophene rings is 1. The van der Waals surface area contributed by atoms with Gasteiger partial charge in [-0.1, -0.05) is 11.6 Å². The van der Waals surface area contributed by atoms with Crippen LogP contribution in [0.4, 0.5) is 5.69 Å². The number of amides is 1. The lowest BCUT2D eigenvalue weighted by Gasteiger charge is -2.09. The Kier molecular flexibility index (Phi) is 4.51. The third kappa shape index (κ3) is 3.24. The fourth-order valence-corrected chi connectivity index (χ4v) is 4.02. The van der Waals surface area contributed by atoms with Gasteiger partial charge in [-0.3, -0.25) is 14.2 Å². The fourth-order valence-electron chi connectivity index (χ4n) is 2.72. The third-order valence-corrected chi connectivity index (χ3v) is 5.36. The molecule has 0 bridgehead atoms. The lowest BCUT2D eigenvalue weighted by atomic mass is 10.3. The summed E-state index contributed by atoms with van der Waals surface area (Å²) >= 11 is 7.33. The first kappa shape index (κ1) is 17.4. The number of aromatic nitrogens is 3. The van der Waals surface area contributed by atoms with Gasteiger partial charge in [0.05, 0.1) is 24.0 Å². The van der Waals surface area contributed by atoms with Crippen LogP contribution in [-0.2, 0) is 11.3 Å². The van der Waals surface area contributed by atoms with E-state index in [0.717, 1.165) is 10.2 Å². The molecule has 0 atom stereocenters. The molecule has 27 heavy (non-hydrogen) atoms. The van der Waals surface area contributed by atoms with E-state index in [0.29, 0.717) is 26.7 Å². The van der Waals surface area contributed by atoms with Crippen molar-refractivity contribution >= 4 is 55.0 Å². The molecule has 0 radical (unpaired) electrons. The number of carbonyl (C=O) groups excluding carboxylic acids is 1. The number of benzene rings is 1. The fraction of sp³-hybridized carbons (Fsp3) is 0.111. The van der Waals surface area contributed by atoms with Gasteiger partial charge < -0.3 is 10.1 Å². The molecule has 4 rings (SSSR count). The highest BCUT2D eigenvalue weighted by Crippen LogP contribution is 2.28. The van der Waals surface area contributed by atoms with E-state index >= 15 is 0 Å². The average Bonchev–Trinajstić information content (AvgIpc) is 3.04. The molecule has 0 saturated heterocycles. The summed E-state index contributed by atoms with van der Waals surface area (Å²) < 4.78 is 6.83. The van der Waals surface area contributed by atoms with Crippen molar-refractivity contribution in [3.63, 3.8) is 0 Å². The number of hydrogen-bond acceptors (Lipinski definition) is 6. The zero-order valence-corrected chi connectivity index (χ0v) is 15.7. The van der Waals surface area contributed by atoms with Gasteiger partial charge in [0.15, 0.2) is 0 Å². The first-order chi connectivity index (χ1) is 13.1. The first-order valence-electron chi connectivity index (χ1n) is 7.93. The molecule has 3 heterocycles. The maximum absolute atomic E-state index is 12.7. The standard InChI is InChI=1S/C18H13ClN4O3S/c1-26-13-5-4-10(7-12(13)19)22-14(24)8-23-9-21-15-11-3-2-6-20-17(11)27-16(15)18(23)25/h2-7,9H,8H2,1H3,(H,22,24). The van der Waals surface area contributed by atoms with Crippen molar-refractivity contribution < 1.29 is 9.53 Å². The topological polar surface area (TPSA) is 86.1 Å². The van der Waals surface area contributed by atoms with Crippen molar-refractivity contribution in [3.05, 3.63) is 58.2 Å². The van der Waals surface area contributed by atoms with Crippen molar-refractivity contribution in [2.45, 2.75) is 6.54 Å². The van der Waals surface area contributed by atoms with Crippen molar-refractivity contribution in [2.24, 2.45) is 0 Å². The summed E-state index contributed by atoms with van der Waals surface area (Å²) in [6, 6.07) is 8.58. The van der Waals surface area contributed by atoms with Crippen LogP contribution in [0.1, 0.15) is 0 Å². The molecule has 7 nitrogen and oxygen atoms in total. The lowest BCUT2D eigenvalue weighted by molar-refractivity contribution is -0.116. The van der Waals surface area contributed by atoms with Crippen LogP contribution >= 0.6 is 22.9 Å². The van der Waals surface area contributed by atoms with Gasteiger partial charge in [0, 0.05) is 17.3 Å². The summed E-state index contributed by atoms with van der Waals surface area (Å²) in [5.41, 5.74) is 0.844. The molecule has 0 aliphatic carbocycles. The van der Waals surface area contributed by atoms with Crippen LogP contribution in [0.25, 0.3) is 20.4 Å². The number of fused-ring (bicyclic) bond motifs is 3. The SMILES string of the molecule is COc1ccc(NC(=O)Cn2cnc3c(sc4ncccc43)c2=O)cc1Cl. The van der Waals surface area contributed by atoms with Crippen LogP contribution in [0, 0.1) is 0 Å². The summed E-state index contributed by atoms with van der Waals surface area (Å²) in [6.07, 6.45) is 3.05. The molecule has 0 aliphatic rings. The van der Waals surface area contributed by atoms with Gasteiger partial charge >= 0.3 is 0 Å². The summed E-state index contributed by atoms with van der Waals surface area (Å²) in [5.74, 6) is 0.151. The smallest absolute Gasteiger partial charge is 0.271 e. The zero-order valence-electron chi connectivity index (χ0n) is 14.1. The second kappa shape index (κ2) is 6.98. The number of rotatable bonds is 4. The summed E-state index contributed by atoms with van der Waals surface area (Å²) in [4.78, 5) is 34.4. The Labute approximate surface area is 162 Å². The minimum Gasteiger partial charge on any atom is -0.495 e. The molecule has 3 aromatic heterocycles. The Hall–Kier alpha value is -2.97. The average molecular weight is 401 g/mol. The predicted molar refractivity (Wildman–Crippen MR) is 106 cm³/mol. The van der Waals surface area contributed by atoms with Gasteiger partial charge in [-0.25, -0.2) is 9.97 Å². The summed E-state index contributed by atoms with van der Waals surface area (Å²) in [5, 5.41) is 3.92. The van der Waals surface area contributed by atoms with E-state index < -0.39 is 0 Å². The van der Waals surface area contributed by atoms with Crippen LogP contribution in [0.2, 0.25) is 5.02 Å². The van der Waals surface area contributed by atoms with Gasteiger partial charge in [-0.05, 0) is 30.3 Å². The molecule has 0 fully saturated rings. The maximum Gasteiger partial charge on any atom is 0.271 e. The molecule has 0 spiro atoms. The predicted octanol–water partition coefficient (Wildman–Crippen LogP) is 3.31. The summed E-state index contributed by atoms with van der Waals surface area (Å²) in [6.45, 7) is -0.160. The molecule has 9 heteroatoms. The van der Waals surface area contributed by atoms with E-state index in [1.807, 2.05) is 6.07 Å². The first-order valence-corrected chi connectivity index (χ1v) is 9.12. The normalized spacial score (nSPS) is 11.0. The molecule has 0 aliphatic heterocycles. The summed E-state index contributed by atoms with van der Waals surface area (Å²) in [7, 11) is 1.51. The van der Waals surface area contributed by atoms with E-state index in [4.69, 9.17) is 16.3 Å². The number of nitrogens with one attached hydrogen (secondary N) is 1. The second-order valence-corrected chi connectivity index (χ2v) is 7.12. The number of pyridine rings is 1. The largest absolute Gasteiger partial charge is 0.495 e. The highest BCUT2D eigenvalue weighted by atomic mass is 35.5. The minimum atomic E-state index is -0.362. The van der Waals surface area contributed by atoms with Gasteiger partial charge in [0.2, 0.25) is 5.91 Å². The van der Waals surface area contributed by atoms with Crippen LogP contribution in [0.15, 0.2) is 47.7 Å². The molecule has 1 amide bonds. The van der Waals surface area contributed by atoms with Crippen LogP contribution in [-0.4, -0.2) is 27.6 Å². The van der Waals surface area contributed by atoms with Gasteiger partial charge in [-0.2, -0.15) is 0 Å². The van der Waals surface area contributed by atoms with Crippen molar-refractivity contribution in [1.82, 2.24) is 14.5 Å². The molecule has 136 valence electrons. The highest BCUT2D eigenvalue weighted by Gasteiger charge is 2.14. The second-order valence-electron chi connectivity index (χ2n) is 5.71. The Morgan fingerprint density at radius 3 is 2.96 bits per heavy atom. The third-order valence-electron chi connectivity index (χ3n) is 3.97. The van der Waals surface area contributed by atoms with Crippen LogP contribution < -0.4 is 15.6 Å². The van der Waals surface area contributed by atoms with E-state index in [1.165, 1.54) is 29.3 Å². The minimum absolute atomic E-state index is 0.160.